The molecule has 0 unspecified atom stereocenters. The molecule has 21 N–H and O–H groups in total. The van der Waals surface area contributed by atoms with E-state index in [1.54, 1.807) is 32.9 Å². The van der Waals surface area contributed by atoms with Gasteiger partial charge in [-0.3, -0.25) is 71.9 Å². The average molecular weight is 1240 g/mol. The largest absolute Gasteiger partial charge is 0.481 e. The molecule has 0 radical (unpaired) electrons. The van der Waals surface area contributed by atoms with Crippen LogP contribution >= 0.6 is 0 Å². The van der Waals surface area contributed by atoms with Crippen molar-refractivity contribution in [3.8, 4) is 0 Å². The first-order valence-electron chi connectivity index (χ1n) is 28.8. The molecule has 1 aliphatic heterocycles. The Morgan fingerprint density at radius 3 is 1.68 bits per heavy atom. The number of carboxylic acid groups (broad SMARTS) is 1. The molecule has 0 bridgehead atoms. The predicted octanol–water partition coefficient (Wildman–Crippen LogP) is -5.19. The normalized spacial score (nSPS) is 23.8. The van der Waals surface area contributed by atoms with Crippen molar-refractivity contribution in [2.75, 3.05) is 0 Å². The molecule has 1 heterocycles. The van der Waals surface area contributed by atoms with Gasteiger partial charge in [-0.25, -0.2) is 0 Å². The summed E-state index contributed by atoms with van der Waals surface area (Å²) < 4.78 is 0. The van der Waals surface area contributed by atoms with E-state index >= 15 is 0 Å². The molecule has 0 aliphatic carbocycles. The van der Waals surface area contributed by atoms with E-state index in [-0.39, 0.29) is 38.5 Å². The molecule has 0 fully saturated rings. The molecule has 1 aliphatic rings. The Labute approximate surface area is 504 Å². The fourth-order valence-corrected chi connectivity index (χ4v) is 8.71. The molecule has 0 aromatic heterocycles. The summed E-state index contributed by atoms with van der Waals surface area (Å²) in [6.07, 6.45) is -1.59. The number of allylic oxidation sites excluding steroid dienone is 2. The van der Waals surface area contributed by atoms with Crippen LogP contribution in [0.5, 0.6) is 0 Å². The number of ketones is 1. The van der Waals surface area contributed by atoms with Gasteiger partial charge in [-0.05, 0) is 98.3 Å². The van der Waals surface area contributed by atoms with Crippen LogP contribution in [-0.4, -0.2) is 182 Å². The lowest BCUT2D eigenvalue weighted by molar-refractivity contribution is -0.143. The lowest BCUT2D eigenvalue weighted by Gasteiger charge is -2.35. The van der Waals surface area contributed by atoms with Gasteiger partial charge in [0, 0.05) is 6.42 Å². The van der Waals surface area contributed by atoms with Crippen molar-refractivity contribution >= 4 is 88.5 Å². The van der Waals surface area contributed by atoms with Crippen molar-refractivity contribution in [1.82, 2.24) is 53.2 Å². The highest BCUT2D eigenvalue weighted by atomic mass is 16.4. The summed E-state index contributed by atoms with van der Waals surface area (Å²) in [5.41, 5.74) is 18.2. The maximum Gasteiger partial charge on any atom is 0.305 e. The summed E-state index contributed by atoms with van der Waals surface area (Å²) >= 11 is 0. The number of carboxylic acids is 1. The van der Waals surface area contributed by atoms with E-state index in [4.69, 9.17) is 22.9 Å². The van der Waals surface area contributed by atoms with Crippen molar-refractivity contribution in [2.24, 2.45) is 34.8 Å². The summed E-state index contributed by atoms with van der Waals surface area (Å²) in [7, 11) is 0. The lowest BCUT2D eigenvalue weighted by Crippen LogP contribution is -2.66. The third-order valence-corrected chi connectivity index (χ3v) is 15.0. The van der Waals surface area contributed by atoms with Crippen LogP contribution in [0.25, 0.3) is 0 Å². The van der Waals surface area contributed by atoms with Crippen LogP contribution in [0.3, 0.4) is 0 Å². The third-order valence-electron chi connectivity index (χ3n) is 15.0. The average Bonchev–Trinajstić information content (AvgIpc) is 2.14. The third kappa shape index (κ3) is 25.8. The number of aliphatic hydroxyl groups excluding tert-OH is 2. The molecule has 87 heavy (non-hydrogen) atoms. The number of primary amides is 3. The number of aliphatic hydroxyl groups is 2. The second kappa shape index (κ2) is 36.1. The Bertz CT molecular complexity index is 2550. The Kier molecular flexibility index (Phi) is 31.9. The Morgan fingerprint density at radius 1 is 0.632 bits per heavy atom. The van der Waals surface area contributed by atoms with Gasteiger partial charge in [-0.1, -0.05) is 52.7 Å². The topological polar surface area (TPSA) is 541 Å². The number of carbonyl (C=O) groups excluding carboxylic acids is 14. The van der Waals surface area contributed by atoms with E-state index in [9.17, 15) is 87.2 Å². The van der Waals surface area contributed by atoms with Crippen LogP contribution in [0.4, 0.5) is 0 Å². The lowest BCUT2D eigenvalue weighted by atomic mass is 9.89. The number of Topliss-reactive ketones (excluding diaryl/α,β-unsaturated/α-hetero) is 1. The standard InChI is InChI=1S/C55H92N14O18/c1-11-26(3)41(65-44(78)28(5)60-46(80)33(23-37(57)74)62-45(79)32(19-20-36(56)73)61-49(83)40(59)29(6)70)50(84)64-35(25-39(76)77)48(82)69-55(10)22-18-16-14-13-15-17-21-54(9,31(8)72)68-47(81)34(24-38(58)75)63-52(86)43(30(7)71)66-51(85)42(27(4)12-2)67-53(55)87/h13-14,26-30,32-35,40-43,70-71H,11-12,15-25,59H2,1-10H3,(H2,56,73)(H2,57,74)(H2,58,75)(H,60,80)(H,61,83)(H,62,79)(H,63,86)(H,64,84)(H,65,78)(H,66,85)(H,67,87)(H,68,81)(H,69,82)(H,76,77)/b14-13-/t26-,27-,28-,29+,30+,32-,33-,34-,35-,40-,41-,42-,43-,54-,55-/m0/s1. The van der Waals surface area contributed by atoms with Gasteiger partial charge in [0.05, 0.1) is 37.0 Å². The molecule has 490 valence electrons. The van der Waals surface area contributed by atoms with Crippen LogP contribution in [0.1, 0.15) is 153 Å². The second-order valence-corrected chi connectivity index (χ2v) is 22.6. The number of nitrogens with one attached hydrogen (secondary N) is 10. The molecular formula is C55H92N14O18. The molecule has 1 rings (SSSR count). The van der Waals surface area contributed by atoms with E-state index in [0.717, 1.165) is 13.8 Å². The van der Waals surface area contributed by atoms with Crippen molar-refractivity contribution in [3.63, 3.8) is 0 Å². The van der Waals surface area contributed by atoms with Crippen LogP contribution in [0.15, 0.2) is 12.2 Å². The quantitative estimate of drug-likeness (QED) is 0.0326. The van der Waals surface area contributed by atoms with Crippen LogP contribution in [0.2, 0.25) is 0 Å². The van der Waals surface area contributed by atoms with Crippen LogP contribution in [0, 0.1) is 11.8 Å². The summed E-state index contributed by atoms with van der Waals surface area (Å²) in [5, 5.41) is 54.6. The summed E-state index contributed by atoms with van der Waals surface area (Å²) in [6, 6.07) is -15.0. The predicted molar refractivity (Wildman–Crippen MR) is 310 cm³/mol. The number of hydrogen-bond acceptors (Lipinski definition) is 18. The van der Waals surface area contributed by atoms with E-state index in [1.807, 2.05) is 0 Å². The zero-order valence-corrected chi connectivity index (χ0v) is 51.1. The Hall–Kier alpha value is -8.13. The summed E-state index contributed by atoms with van der Waals surface area (Å²) in [4.78, 5) is 200. The molecule has 0 spiro atoms. The highest BCUT2D eigenvalue weighted by Gasteiger charge is 2.43. The van der Waals surface area contributed by atoms with E-state index in [2.05, 4.69) is 53.2 Å². The first kappa shape index (κ1) is 76.9. The van der Waals surface area contributed by atoms with E-state index in [0.29, 0.717) is 12.8 Å². The number of rotatable bonds is 28. The fraction of sp³-hybridized carbons (Fsp3) is 0.691. The Balaban J connectivity index is 3.71. The minimum absolute atomic E-state index is 0.0979. The minimum atomic E-state index is -2.01. The number of aliphatic carboxylic acids is 1. The van der Waals surface area contributed by atoms with Gasteiger partial charge in [0.1, 0.15) is 59.9 Å². The molecule has 13 amide bonds. The van der Waals surface area contributed by atoms with E-state index in [1.165, 1.54) is 34.6 Å². The van der Waals surface area contributed by atoms with Crippen LogP contribution < -0.4 is 76.1 Å². The SMILES string of the molecule is CC[C@H](C)[C@H](NC(=O)[C@H](C)NC(=O)[C@H](CC(N)=O)NC(=O)[C@H](CCC(N)=O)NC(=O)[C@@H](N)[C@@H](C)O)C(=O)N[C@@H](CC(=O)O)C(=O)N[C@@]1(C)CCC/C=C\CCC[C@@](C)(C(C)=O)NC(=O)[C@H](CC(N)=O)NC(=O)[C@H]([C@@H](C)O)NC(=O)[C@H]([C@@H](C)CC)NC1=O. The van der Waals surface area contributed by atoms with Gasteiger partial charge in [-0.15, -0.1) is 0 Å². The first-order chi connectivity index (χ1) is 40.3. The monoisotopic (exact) mass is 1240 g/mol. The zero-order chi connectivity index (χ0) is 66.8. The molecule has 32 nitrogen and oxygen atoms in total. The summed E-state index contributed by atoms with van der Waals surface area (Å²) in [6.45, 7) is 13.9. The fourth-order valence-electron chi connectivity index (χ4n) is 8.71. The van der Waals surface area contributed by atoms with Crippen molar-refractivity contribution in [2.45, 2.75) is 230 Å². The van der Waals surface area contributed by atoms with Crippen molar-refractivity contribution < 1.29 is 87.2 Å². The maximum atomic E-state index is 14.7. The minimum Gasteiger partial charge on any atom is -0.481 e. The molecule has 0 saturated heterocycles. The number of amides is 13. The molecule has 0 aromatic rings. The van der Waals surface area contributed by atoms with Gasteiger partial charge < -0.3 is 91.4 Å². The van der Waals surface area contributed by atoms with Gasteiger partial charge in [0.2, 0.25) is 76.8 Å². The molecule has 32 heteroatoms. The Morgan fingerprint density at radius 2 is 1.17 bits per heavy atom. The van der Waals surface area contributed by atoms with Gasteiger partial charge in [0.15, 0.2) is 5.78 Å². The number of hydrogen-bond donors (Lipinski definition) is 17. The molecule has 0 saturated carbocycles. The molecular weight excluding hydrogens is 1140 g/mol. The van der Waals surface area contributed by atoms with Gasteiger partial charge in [0.25, 0.3) is 0 Å². The molecule has 0 aromatic carbocycles. The first-order valence-corrected chi connectivity index (χ1v) is 28.8. The van der Waals surface area contributed by atoms with E-state index < -0.39 is 210 Å². The second-order valence-electron chi connectivity index (χ2n) is 22.6. The van der Waals surface area contributed by atoms with Crippen molar-refractivity contribution in [1.29, 1.82) is 0 Å². The van der Waals surface area contributed by atoms with Gasteiger partial charge in [-0.2, -0.15) is 0 Å². The van der Waals surface area contributed by atoms with Crippen molar-refractivity contribution in [3.05, 3.63) is 12.2 Å². The van der Waals surface area contributed by atoms with Gasteiger partial charge >= 0.3 is 5.97 Å². The van der Waals surface area contributed by atoms with Crippen LogP contribution in [-0.2, 0) is 71.9 Å². The molecule has 15 atom stereocenters. The highest BCUT2D eigenvalue weighted by Crippen LogP contribution is 2.21. The number of carbonyl (C=O) groups is 15. The highest BCUT2D eigenvalue weighted by molar-refractivity contribution is 6.02. The number of nitrogens with two attached hydrogens (primary N) is 4. The smallest absolute Gasteiger partial charge is 0.305 e. The zero-order valence-electron chi connectivity index (χ0n) is 51.1. The summed E-state index contributed by atoms with van der Waals surface area (Å²) in [5.74, 6) is -17.3. The maximum absolute atomic E-state index is 14.7.